The zero-order chi connectivity index (χ0) is 13.4. The van der Waals surface area contributed by atoms with Gasteiger partial charge in [-0.05, 0) is 60.7 Å². The molecule has 0 aliphatic heterocycles. The quantitative estimate of drug-likeness (QED) is 0.814. The summed E-state index contributed by atoms with van der Waals surface area (Å²) >= 11 is 9.63. The number of halogens is 2. The molecule has 0 radical (unpaired) electrons. The van der Waals surface area contributed by atoms with E-state index in [1.54, 1.807) is 0 Å². The smallest absolute Gasteiger partial charge is 0.0408 e. The van der Waals surface area contributed by atoms with E-state index in [2.05, 4.69) is 58.5 Å². The minimum atomic E-state index is 0.460. The molecule has 0 saturated carbocycles. The molecule has 0 saturated heterocycles. The summed E-state index contributed by atoms with van der Waals surface area (Å²) in [6.45, 7) is 2.13. The first-order chi connectivity index (χ1) is 9.13. The Morgan fingerprint density at radius 3 is 2.79 bits per heavy atom. The molecule has 98 valence electrons. The van der Waals surface area contributed by atoms with Crippen LogP contribution in [0, 0.1) is 6.92 Å². The van der Waals surface area contributed by atoms with E-state index < -0.39 is 0 Å². The predicted molar refractivity (Wildman–Crippen MR) is 85.1 cm³/mol. The minimum Gasteiger partial charge on any atom is -0.381 e. The van der Waals surface area contributed by atoms with Gasteiger partial charge in [0.1, 0.15) is 0 Å². The van der Waals surface area contributed by atoms with Gasteiger partial charge in [-0.3, -0.25) is 0 Å². The molecule has 0 spiro atoms. The normalized spacial score (nSPS) is 17.3. The lowest BCUT2D eigenvalue weighted by Crippen LogP contribution is -2.20. The SMILES string of the molecule is Cc1c(Br)cccc1NC1Cc2ccc(Cl)cc2C1. The Labute approximate surface area is 127 Å². The molecule has 0 bridgehead atoms. The summed E-state index contributed by atoms with van der Waals surface area (Å²) in [5, 5.41) is 4.47. The van der Waals surface area contributed by atoms with Crippen LogP contribution < -0.4 is 5.32 Å². The third-order valence-electron chi connectivity index (χ3n) is 3.73. The monoisotopic (exact) mass is 335 g/mol. The number of benzene rings is 2. The second-order valence-corrected chi connectivity index (χ2v) is 6.37. The zero-order valence-electron chi connectivity index (χ0n) is 10.7. The Bertz CT molecular complexity index is 624. The maximum absolute atomic E-state index is 6.05. The van der Waals surface area contributed by atoms with E-state index in [-0.39, 0.29) is 0 Å². The number of fused-ring (bicyclic) bond motifs is 1. The minimum absolute atomic E-state index is 0.460. The highest BCUT2D eigenvalue weighted by atomic mass is 79.9. The maximum atomic E-state index is 6.05. The van der Waals surface area contributed by atoms with E-state index in [0.29, 0.717) is 6.04 Å². The average Bonchev–Trinajstić information content (AvgIpc) is 2.76. The lowest BCUT2D eigenvalue weighted by molar-refractivity contribution is 0.773. The van der Waals surface area contributed by atoms with Gasteiger partial charge in [0.15, 0.2) is 0 Å². The van der Waals surface area contributed by atoms with Gasteiger partial charge in [-0.25, -0.2) is 0 Å². The number of hydrogen-bond donors (Lipinski definition) is 1. The molecular formula is C16H15BrClN. The van der Waals surface area contributed by atoms with Gasteiger partial charge < -0.3 is 5.32 Å². The fraction of sp³-hybridized carbons (Fsp3) is 0.250. The van der Waals surface area contributed by atoms with Crippen molar-refractivity contribution in [1.82, 2.24) is 0 Å². The number of nitrogens with one attached hydrogen (secondary N) is 1. The lowest BCUT2D eigenvalue weighted by Gasteiger charge is -2.16. The van der Waals surface area contributed by atoms with Crippen molar-refractivity contribution in [2.45, 2.75) is 25.8 Å². The van der Waals surface area contributed by atoms with E-state index in [1.807, 2.05) is 6.07 Å². The molecule has 0 heterocycles. The van der Waals surface area contributed by atoms with Crippen molar-refractivity contribution in [3.63, 3.8) is 0 Å². The van der Waals surface area contributed by atoms with Crippen molar-refractivity contribution < 1.29 is 0 Å². The van der Waals surface area contributed by atoms with Crippen LogP contribution in [0.5, 0.6) is 0 Å². The van der Waals surface area contributed by atoms with Crippen molar-refractivity contribution in [1.29, 1.82) is 0 Å². The molecule has 2 aromatic carbocycles. The summed E-state index contributed by atoms with van der Waals surface area (Å²) < 4.78 is 1.15. The van der Waals surface area contributed by atoms with E-state index in [1.165, 1.54) is 22.4 Å². The van der Waals surface area contributed by atoms with E-state index in [4.69, 9.17) is 11.6 Å². The Morgan fingerprint density at radius 1 is 1.16 bits per heavy atom. The molecule has 0 aromatic heterocycles. The lowest BCUT2D eigenvalue weighted by atomic mass is 10.1. The summed E-state index contributed by atoms with van der Waals surface area (Å²) in [5.74, 6) is 0. The van der Waals surface area contributed by atoms with Crippen LogP contribution in [0.1, 0.15) is 16.7 Å². The largest absolute Gasteiger partial charge is 0.381 e. The van der Waals surface area contributed by atoms with Gasteiger partial charge >= 0.3 is 0 Å². The van der Waals surface area contributed by atoms with Crippen molar-refractivity contribution in [3.8, 4) is 0 Å². The van der Waals surface area contributed by atoms with Crippen LogP contribution in [-0.4, -0.2) is 6.04 Å². The summed E-state index contributed by atoms with van der Waals surface area (Å²) in [4.78, 5) is 0. The zero-order valence-corrected chi connectivity index (χ0v) is 13.1. The summed E-state index contributed by atoms with van der Waals surface area (Å²) in [6.07, 6.45) is 2.11. The first-order valence-electron chi connectivity index (χ1n) is 6.42. The number of anilines is 1. The Kier molecular flexibility index (Phi) is 3.55. The standard InChI is InChI=1S/C16H15BrClN/c1-10-15(17)3-2-4-16(10)19-14-8-11-5-6-13(18)7-12(11)9-14/h2-7,14,19H,8-9H2,1H3. The fourth-order valence-electron chi connectivity index (χ4n) is 2.67. The molecule has 0 fully saturated rings. The summed E-state index contributed by atoms with van der Waals surface area (Å²) in [6, 6.07) is 13.0. The molecule has 1 aliphatic rings. The molecule has 1 unspecified atom stereocenters. The van der Waals surface area contributed by atoms with Crippen LogP contribution in [0.2, 0.25) is 5.02 Å². The molecule has 2 aromatic rings. The van der Waals surface area contributed by atoms with Crippen LogP contribution in [0.3, 0.4) is 0 Å². The van der Waals surface area contributed by atoms with E-state index in [9.17, 15) is 0 Å². The second kappa shape index (κ2) is 5.18. The highest BCUT2D eigenvalue weighted by molar-refractivity contribution is 9.10. The van der Waals surface area contributed by atoms with Crippen molar-refractivity contribution in [2.75, 3.05) is 5.32 Å². The van der Waals surface area contributed by atoms with Gasteiger partial charge in [-0.1, -0.05) is 39.7 Å². The first kappa shape index (κ1) is 13.0. The molecular weight excluding hydrogens is 322 g/mol. The molecule has 1 N–H and O–H groups in total. The van der Waals surface area contributed by atoms with Crippen LogP contribution in [0.4, 0.5) is 5.69 Å². The Morgan fingerprint density at radius 2 is 1.95 bits per heavy atom. The van der Waals surface area contributed by atoms with Crippen LogP contribution in [0.15, 0.2) is 40.9 Å². The van der Waals surface area contributed by atoms with Crippen LogP contribution >= 0.6 is 27.5 Å². The second-order valence-electron chi connectivity index (χ2n) is 5.07. The summed E-state index contributed by atoms with van der Waals surface area (Å²) in [7, 11) is 0. The summed E-state index contributed by atoms with van der Waals surface area (Å²) in [5.41, 5.74) is 5.25. The molecule has 3 rings (SSSR count). The van der Waals surface area contributed by atoms with Crippen molar-refractivity contribution >= 4 is 33.2 Å². The predicted octanol–water partition coefficient (Wildman–Crippen LogP) is 4.99. The Balaban J connectivity index is 1.79. The van der Waals surface area contributed by atoms with Gasteiger partial charge in [-0.2, -0.15) is 0 Å². The highest BCUT2D eigenvalue weighted by Crippen LogP contribution is 2.29. The van der Waals surface area contributed by atoms with E-state index in [0.717, 1.165) is 22.3 Å². The first-order valence-corrected chi connectivity index (χ1v) is 7.59. The van der Waals surface area contributed by atoms with Gasteiger partial charge in [0, 0.05) is 21.2 Å². The van der Waals surface area contributed by atoms with Crippen LogP contribution in [0.25, 0.3) is 0 Å². The third-order valence-corrected chi connectivity index (χ3v) is 4.82. The average molecular weight is 337 g/mol. The molecule has 3 heteroatoms. The van der Waals surface area contributed by atoms with Crippen LogP contribution in [-0.2, 0) is 12.8 Å². The maximum Gasteiger partial charge on any atom is 0.0408 e. The molecule has 0 amide bonds. The number of hydrogen-bond acceptors (Lipinski definition) is 1. The molecule has 1 atom stereocenters. The van der Waals surface area contributed by atoms with E-state index >= 15 is 0 Å². The third kappa shape index (κ3) is 2.65. The highest BCUT2D eigenvalue weighted by Gasteiger charge is 2.21. The molecule has 1 nitrogen and oxygen atoms in total. The van der Waals surface area contributed by atoms with Gasteiger partial charge in [-0.15, -0.1) is 0 Å². The topological polar surface area (TPSA) is 12.0 Å². The molecule has 1 aliphatic carbocycles. The van der Waals surface area contributed by atoms with Gasteiger partial charge in [0.05, 0.1) is 0 Å². The fourth-order valence-corrected chi connectivity index (χ4v) is 3.23. The van der Waals surface area contributed by atoms with Crippen molar-refractivity contribution in [2.24, 2.45) is 0 Å². The van der Waals surface area contributed by atoms with Gasteiger partial charge in [0.2, 0.25) is 0 Å². The number of rotatable bonds is 2. The molecule has 19 heavy (non-hydrogen) atoms. The van der Waals surface area contributed by atoms with Gasteiger partial charge in [0.25, 0.3) is 0 Å². The van der Waals surface area contributed by atoms with Crippen molar-refractivity contribution in [3.05, 3.63) is 62.6 Å². The Hall–Kier alpha value is -0.990.